The van der Waals surface area contributed by atoms with E-state index < -0.39 is 5.60 Å². The van der Waals surface area contributed by atoms with E-state index in [1.807, 2.05) is 55.5 Å². The van der Waals surface area contributed by atoms with Crippen molar-refractivity contribution in [3.05, 3.63) is 65.2 Å². The summed E-state index contributed by atoms with van der Waals surface area (Å²) in [6, 6.07) is 15.5. The topological polar surface area (TPSA) is 57.6 Å². The zero-order valence-corrected chi connectivity index (χ0v) is 18.7. The number of aryl methyl sites for hydroxylation is 1. The van der Waals surface area contributed by atoms with Gasteiger partial charge in [-0.3, -0.25) is 9.59 Å². The maximum Gasteiger partial charge on any atom is 0.264 e. The molecule has 0 spiro atoms. The molecular formula is C28H31NO3. The molecule has 166 valence electrons. The Bertz CT molecular complexity index is 1050. The SMILES string of the molecule is Cc1ccc(CN2C(=O)[C@](O)(CC(=O)C34CC5CC(CC(C5)C3)C4)c3ccccc32)cc1. The van der Waals surface area contributed by atoms with Crippen molar-refractivity contribution in [3.8, 4) is 0 Å². The molecule has 2 aromatic carbocycles. The highest BCUT2D eigenvalue weighted by molar-refractivity contribution is 6.09. The molecule has 0 aromatic heterocycles. The molecule has 0 radical (unpaired) electrons. The number of rotatable bonds is 5. The first-order chi connectivity index (χ1) is 15.4. The van der Waals surface area contributed by atoms with Gasteiger partial charge in [0, 0.05) is 17.4 Å². The summed E-state index contributed by atoms with van der Waals surface area (Å²) in [6.45, 7) is 2.43. The Morgan fingerprint density at radius 1 is 0.969 bits per heavy atom. The summed E-state index contributed by atoms with van der Waals surface area (Å²) in [5, 5.41) is 11.8. The second-order valence-electron chi connectivity index (χ2n) is 11.1. The van der Waals surface area contributed by atoms with Gasteiger partial charge in [0.1, 0.15) is 5.78 Å². The molecule has 4 saturated carbocycles. The highest BCUT2D eigenvalue weighted by Gasteiger charge is 2.58. The van der Waals surface area contributed by atoms with E-state index in [1.165, 1.54) is 24.8 Å². The van der Waals surface area contributed by atoms with Crippen molar-refractivity contribution in [1.82, 2.24) is 0 Å². The normalized spacial score (nSPS) is 34.8. The first kappa shape index (κ1) is 20.2. The minimum absolute atomic E-state index is 0.0978. The summed E-state index contributed by atoms with van der Waals surface area (Å²) in [5.41, 5.74) is 1.40. The number of hydrogen-bond acceptors (Lipinski definition) is 3. The van der Waals surface area contributed by atoms with Crippen LogP contribution in [-0.2, 0) is 21.7 Å². The van der Waals surface area contributed by atoms with Gasteiger partial charge in [-0.15, -0.1) is 0 Å². The molecule has 4 nitrogen and oxygen atoms in total. The van der Waals surface area contributed by atoms with Crippen LogP contribution in [0.5, 0.6) is 0 Å². The zero-order valence-electron chi connectivity index (χ0n) is 18.7. The molecule has 4 aliphatic carbocycles. The molecule has 32 heavy (non-hydrogen) atoms. The fourth-order valence-electron chi connectivity index (χ4n) is 7.58. The molecule has 4 fully saturated rings. The second kappa shape index (κ2) is 7.02. The summed E-state index contributed by atoms with van der Waals surface area (Å²) in [5.74, 6) is 1.72. The fourth-order valence-corrected chi connectivity index (χ4v) is 7.58. The van der Waals surface area contributed by atoms with Gasteiger partial charge in [0.05, 0.1) is 12.2 Å². The van der Waals surface area contributed by atoms with Crippen molar-refractivity contribution >= 4 is 17.4 Å². The van der Waals surface area contributed by atoms with E-state index in [4.69, 9.17) is 0 Å². The van der Waals surface area contributed by atoms with Crippen LogP contribution in [0.15, 0.2) is 48.5 Å². The largest absolute Gasteiger partial charge is 0.375 e. The number of aliphatic hydroxyl groups is 1. The minimum Gasteiger partial charge on any atom is -0.375 e. The number of nitrogens with zero attached hydrogens (tertiary/aromatic N) is 1. The number of anilines is 1. The maximum absolute atomic E-state index is 13.8. The third-order valence-electron chi connectivity index (χ3n) is 8.75. The number of carbonyl (C=O) groups is 2. The van der Waals surface area contributed by atoms with Crippen LogP contribution >= 0.6 is 0 Å². The number of fused-ring (bicyclic) bond motifs is 1. The van der Waals surface area contributed by atoms with Gasteiger partial charge < -0.3 is 10.0 Å². The Morgan fingerprint density at radius 2 is 1.56 bits per heavy atom. The number of carbonyl (C=O) groups excluding carboxylic acids is 2. The van der Waals surface area contributed by atoms with Gasteiger partial charge in [0.2, 0.25) is 0 Å². The summed E-state index contributed by atoms with van der Waals surface area (Å²) in [7, 11) is 0. The molecule has 4 heteroatoms. The van der Waals surface area contributed by atoms with Crippen LogP contribution in [0.2, 0.25) is 0 Å². The average molecular weight is 430 g/mol. The molecule has 1 heterocycles. The molecule has 0 unspecified atom stereocenters. The smallest absolute Gasteiger partial charge is 0.264 e. The lowest BCUT2D eigenvalue weighted by Gasteiger charge is -2.56. The van der Waals surface area contributed by atoms with Gasteiger partial charge in [0.25, 0.3) is 5.91 Å². The molecule has 0 saturated heterocycles. The molecule has 7 rings (SSSR count). The Kier molecular flexibility index (Phi) is 4.42. The number of para-hydroxylation sites is 1. The van der Waals surface area contributed by atoms with Crippen molar-refractivity contribution in [1.29, 1.82) is 0 Å². The van der Waals surface area contributed by atoms with Crippen molar-refractivity contribution in [2.45, 2.75) is 64.0 Å². The maximum atomic E-state index is 13.8. The van der Waals surface area contributed by atoms with Gasteiger partial charge in [-0.2, -0.15) is 0 Å². The summed E-state index contributed by atoms with van der Waals surface area (Å²) in [6.07, 6.45) is 6.57. The van der Waals surface area contributed by atoms with E-state index >= 15 is 0 Å². The Labute approximate surface area is 189 Å². The number of benzene rings is 2. The van der Waals surface area contributed by atoms with Crippen LogP contribution in [0, 0.1) is 30.1 Å². The van der Waals surface area contributed by atoms with Gasteiger partial charge in [-0.25, -0.2) is 0 Å². The van der Waals surface area contributed by atoms with E-state index in [0.717, 1.165) is 30.5 Å². The van der Waals surface area contributed by atoms with Crippen molar-refractivity contribution in [3.63, 3.8) is 0 Å². The molecular weight excluding hydrogens is 398 g/mol. The quantitative estimate of drug-likeness (QED) is 0.735. The fraction of sp³-hybridized carbons (Fsp3) is 0.500. The van der Waals surface area contributed by atoms with E-state index in [9.17, 15) is 14.7 Å². The van der Waals surface area contributed by atoms with E-state index in [2.05, 4.69) is 0 Å². The van der Waals surface area contributed by atoms with E-state index in [1.54, 1.807) is 4.90 Å². The van der Waals surface area contributed by atoms with Crippen LogP contribution in [0.4, 0.5) is 5.69 Å². The monoisotopic (exact) mass is 429 g/mol. The van der Waals surface area contributed by atoms with Gasteiger partial charge in [0.15, 0.2) is 5.60 Å². The van der Waals surface area contributed by atoms with E-state index in [0.29, 0.717) is 29.9 Å². The lowest BCUT2D eigenvalue weighted by Crippen LogP contribution is -2.52. The molecule has 4 bridgehead atoms. The molecule has 2 aromatic rings. The molecule has 1 N–H and O–H groups in total. The predicted octanol–water partition coefficient (Wildman–Crippen LogP) is 4.91. The lowest BCUT2D eigenvalue weighted by atomic mass is 9.48. The Morgan fingerprint density at radius 3 is 2.19 bits per heavy atom. The van der Waals surface area contributed by atoms with Crippen LogP contribution < -0.4 is 4.90 Å². The first-order valence-electron chi connectivity index (χ1n) is 12.1. The van der Waals surface area contributed by atoms with E-state index in [-0.39, 0.29) is 23.5 Å². The lowest BCUT2D eigenvalue weighted by molar-refractivity contribution is -0.154. The van der Waals surface area contributed by atoms with Crippen LogP contribution in [0.25, 0.3) is 0 Å². The third kappa shape index (κ3) is 2.99. The predicted molar refractivity (Wildman–Crippen MR) is 123 cm³/mol. The summed E-state index contributed by atoms with van der Waals surface area (Å²) in [4.78, 5) is 29.1. The molecule has 1 aliphatic heterocycles. The van der Waals surface area contributed by atoms with Crippen molar-refractivity contribution in [2.24, 2.45) is 23.2 Å². The minimum atomic E-state index is -1.76. The number of Topliss-reactive ketones (excluding diaryl/α,β-unsaturated/α-hetero) is 1. The first-order valence-corrected chi connectivity index (χ1v) is 12.1. The van der Waals surface area contributed by atoms with Crippen molar-refractivity contribution in [2.75, 3.05) is 4.90 Å². The molecule has 1 atom stereocenters. The highest BCUT2D eigenvalue weighted by Crippen LogP contribution is 2.61. The number of amides is 1. The van der Waals surface area contributed by atoms with Crippen LogP contribution in [-0.4, -0.2) is 16.8 Å². The number of hydrogen-bond donors (Lipinski definition) is 1. The highest BCUT2D eigenvalue weighted by atomic mass is 16.3. The third-order valence-corrected chi connectivity index (χ3v) is 8.75. The average Bonchev–Trinajstić information content (AvgIpc) is 2.96. The molecule has 1 amide bonds. The van der Waals surface area contributed by atoms with Gasteiger partial charge in [-0.05, 0) is 74.8 Å². The summed E-state index contributed by atoms with van der Waals surface area (Å²) >= 11 is 0. The zero-order chi connectivity index (χ0) is 22.1. The standard InChI is InChI=1S/C28H31NO3/c1-18-6-8-19(9-7-18)17-29-24-5-3-2-4-23(24)28(32,26(29)31)16-25(30)27-13-20-10-21(14-27)12-22(11-20)15-27/h2-9,20-22,32H,10-17H2,1H3/t20?,21?,22?,27?,28-/m0/s1. The Hall–Kier alpha value is -2.46. The number of ketones is 1. The van der Waals surface area contributed by atoms with Crippen LogP contribution in [0.1, 0.15) is 61.6 Å². The summed E-state index contributed by atoms with van der Waals surface area (Å²) < 4.78 is 0. The van der Waals surface area contributed by atoms with Gasteiger partial charge in [-0.1, -0.05) is 48.0 Å². The van der Waals surface area contributed by atoms with Crippen LogP contribution in [0.3, 0.4) is 0 Å². The van der Waals surface area contributed by atoms with Gasteiger partial charge >= 0.3 is 0 Å². The molecule has 5 aliphatic rings. The second-order valence-corrected chi connectivity index (χ2v) is 11.1. The Balaban J connectivity index is 1.31. The van der Waals surface area contributed by atoms with Crippen molar-refractivity contribution < 1.29 is 14.7 Å².